The number of H-pyrrole nitrogens is 1. The van der Waals surface area contributed by atoms with E-state index in [1.807, 2.05) is 4.98 Å². The van der Waals surface area contributed by atoms with E-state index in [1.54, 1.807) is 0 Å². The summed E-state index contributed by atoms with van der Waals surface area (Å²) in [5, 5.41) is 9.96. The maximum Gasteiger partial charge on any atom is 0.490 e. The van der Waals surface area contributed by atoms with Gasteiger partial charge in [0.05, 0.1) is 0 Å². The molecule has 0 spiro atoms. The molecular formula is C9H11F4N2O12P3S2. The Labute approximate surface area is 183 Å². The number of nitrogens with one attached hydrogen (secondary N) is 1. The zero-order valence-corrected chi connectivity index (χ0v) is 18.9. The SMILES string of the molecule is O=P(O)(O)OP(=O)(O)OP(=O)(O)O[C@H]1O[C@@H](n2cc(F)c(=S)[nH]c2=S)C(C(F)(F)F)[C@H]1O. The first kappa shape index (κ1) is 27.8. The molecule has 1 aromatic heterocycles. The Morgan fingerprint density at radius 2 is 1.66 bits per heavy atom. The Hall–Kier alpha value is -0.430. The predicted molar refractivity (Wildman–Crippen MR) is 94.8 cm³/mol. The molecule has 1 aliphatic heterocycles. The molecule has 1 saturated heterocycles. The third kappa shape index (κ3) is 7.04. The Bertz CT molecular complexity index is 1140. The Morgan fingerprint density at radius 3 is 2.16 bits per heavy atom. The monoisotopic (exact) mass is 572 g/mol. The van der Waals surface area contributed by atoms with Crippen LogP contribution in [-0.2, 0) is 31.6 Å². The molecule has 0 aliphatic carbocycles. The smallest absolute Gasteiger partial charge is 0.387 e. The highest BCUT2D eigenvalue weighted by molar-refractivity contribution is 7.72. The molecule has 23 heteroatoms. The van der Waals surface area contributed by atoms with Crippen molar-refractivity contribution < 1.29 is 73.8 Å². The summed E-state index contributed by atoms with van der Waals surface area (Å²) in [4.78, 5) is 37.5. The van der Waals surface area contributed by atoms with Gasteiger partial charge in [-0.2, -0.15) is 21.8 Å². The highest BCUT2D eigenvalue weighted by Gasteiger charge is 2.60. The second-order valence-corrected chi connectivity index (χ2v) is 11.0. The second kappa shape index (κ2) is 9.31. The molecule has 6 atom stereocenters. The van der Waals surface area contributed by atoms with Crippen molar-refractivity contribution in [3.05, 3.63) is 21.4 Å². The number of aromatic nitrogens is 2. The lowest BCUT2D eigenvalue weighted by Crippen LogP contribution is -2.38. The summed E-state index contributed by atoms with van der Waals surface area (Å²) >= 11 is 9.27. The predicted octanol–water partition coefficient (Wildman–Crippen LogP) is 2.15. The summed E-state index contributed by atoms with van der Waals surface area (Å²) < 4.78 is 103. The van der Waals surface area contributed by atoms with E-state index in [0.29, 0.717) is 10.8 Å². The summed E-state index contributed by atoms with van der Waals surface area (Å²) in [5.41, 5.74) is 0. The van der Waals surface area contributed by atoms with Gasteiger partial charge in [0.15, 0.2) is 23.1 Å². The second-order valence-electron chi connectivity index (χ2n) is 5.79. The van der Waals surface area contributed by atoms with Crippen LogP contribution in [0.5, 0.6) is 0 Å². The molecule has 0 bridgehead atoms. The lowest BCUT2D eigenvalue weighted by molar-refractivity contribution is -0.211. The molecule has 2 rings (SSSR count). The van der Waals surface area contributed by atoms with Crippen molar-refractivity contribution in [3.63, 3.8) is 0 Å². The van der Waals surface area contributed by atoms with Gasteiger partial charge in [0.1, 0.15) is 16.7 Å². The number of rotatable bonds is 7. The van der Waals surface area contributed by atoms with Crippen molar-refractivity contribution in [1.82, 2.24) is 9.55 Å². The summed E-state index contributed by atoms with van der Waals surface area (Å²) in [7, 11) is -17.7. The number of phosphoric acid groups is 3. The number of phosphoric ester groups is 1. The first-order chi connectivity index (χ1) is 14.2. The van der Waals surface area contributed by atoms with E-state index in [1.165, 1.54) is 0 Å². The van der Waals surface area contributed by atoms with Gasteiger partial charge in [0.2, 0.25) is 0 Å². The van der Waals surface area contributed by atoms with E-state index >= 15 is 0 Å². The fourth-order valence-corrected chi connectivity index (χ4v) is 5.97. The van der Waals surface area contributed by atoms with Crippen LogP contribution in [0.1, 0.15) is 6.23 Å². The van der Waals surface area contributed by atoms with Crippen LogP contribution in [0, 0.1) is 21.1 Å². The van der Waals surface area contributed by atoms with Gasteiger partial charge in [0.25, 0.3) is 0 Å². The molecule has 14 nitrogen and oxygen atoms in total. The summed E-state index contributed by atoms with van der Waals surface area (Å²) in [6.45, 7) is 0. The fraction of sp³-hybridized carbons (Fsp3) is 0.556. The van der Waals surface area contributed by atoms with Gasteiger partial charge >= 0.3 is 29.6 Å². The minimum atomic E-state index is -6.00. The maximum atomic E-state index is 13.7. The zero-order chi connectivity index (χ0) is 24.9. The van der Waals surface area contributed by atoms with Gasteiger partial charge in [-0.15, -0.1) is 0 Å². The molecule has 0 radical (unpaired) electrons. The van der Waals surface area contributed by atoms with E-state index in [2.05, 4.69) is 25.4 Å². The van der Waals surface area contributed by atoms with Crippen molar-refractivity contribution in [2.24, 2.45) is 5.92 Å². The van der Waals surface area contributed by atoms with E-state index in [4.69, 9.17) is 31.6 Å². The molecule has 1 aromatic rings. The molecule has 1 fully saturated rings. The summed E-state index contributed by atoms with van der Waals surface area (Å²) in [6, 6.07) is 0. The summed E-state index contributed by atoms with van der Waals surface area (Å²) in [5.74, 6) is -4.20. The number of hydrogen-bond donors (Lipinski definition) is 6. The van der Waals surface area contributed by atoms with Crippen LogP contribution in [0.2, 0.25) is 0 Å². The van der Waals surface area contributed by atoms with E-state index in [0.717, 1.165) is 0 Å². The molecule has 0 aromatic carbocycles. The normalized spacial score (nSPS) is 28.3. The van der Waals surface area contributed by atoms with Crippen molar-refractivity contribution >= 4 is 47.9 Å². The van der Waals surface area contributed by atoms with Gasteiger partial charge in [-0.05, 0) is 12.2 Å². The molecule has 0 amide bonds. The topological polar surface area (TPSA) is 210 Å². The Morgan fingerprint density at radius 1 is 1.09 bits per heavy atom. The number of alkyl halides is 3. The third-order valence-electron chi connectivity index (χ3n) is 3.46. The highest BCUT2D eigenvalue weighted by atomic mass is 32.1. The minimum absolute atomic E-state index is 0.336. The number of halogens is 4. The number of ether oxygens (including phenoxy) is 1. The van der Waals surface area contributed by atoms with Crippen LogP contribution in [0.3, 0.4) is 0 Å². The van der Waals surface area contributed by atoms with Crippen molar-refractivity contribution in [2.45, 2.75) is 24.8 Å². The number of aliphatic hydroxyl groups excluding tert-OH is 1. The van der Waals surface area contributed by atoms with Gasteiger partial charge in [-0.3, -0.25) is 9.09 Å². The van der Waals surface area contributed by atoms with Crippen LogP contribution in [0.4, 0.5) is 17.6 Å². The number of aliphatic hydroxyl groups is 1. The first-order valence-corrected chi connectivity index (χ1v) is 12.8. The van der Waals surface area contributed by atoms with E-state index in [9.17, 15) is 41.3 Å². The molecule has 32 heavy (non-hydrogen) atoms. The van der Waals surface area contributed by atoms with Crippen molar-refractivity contribution in [3.8, 4) is 0 Å². The maximum absolute atomic E-state index is 13.7. The first-order valence-electron chi connectivity index (χ1n) is 7.46. The number of aromatic amines is 1. The molecule has 0 saturated carbocycles. The van der Waals surface area contributed by atoms with Gasteiger partial charge in [-0.1, -0.05) is 12.2 Å². The molecule has 6 N–H and O–H groups in total. The lowest BCUT2D eigenvalue weighted by atomic mass is 10.0. The average Bonchev–Trinajstić information content (AvgIpc) is 2.83. The molecule has 184 valence electrons. The van der Waals surface area contributed by atoms with Gasteiger partial charge in [0, 0.05) is 6.20 Å². The van der Waals surface area contributed by atoms with Crippen LogP contribution in [0.25, 0.3) is 0 Å². The van der Waals surface area contributed by atoms with Crippen LogP contribution < -0.4 is 0 Å². The minimum Gasteiger partial charge on any atom is -0.387 e. The van der Waals surface area contributed by atoms with E-state index < -0.39 is 69.4 Å². The van der Waals surface area contributed by atoms with Crippen LogP contribution in [0.15, 0.2) is 6.20 Å². The third-order valence-corrected chi connectivity index (χ3v) is 7.87. The summed E-state index contributed by atoms with van der Waals surface area (Å²) in [6.07, 6.45) is -12.8. The molecule has 1 aliphatic rings. The quantitative estimate of drug-likeness (QED) is 0.157. The number of nitrogens with zero attached hydrogens (tertiary/aromatic N) is 1. The Kier molecular flexibility index (Phi) is 8.10. The molecule has 2 heterocycles. The van der Waals surface area contributed by atoms with E-state index in [-0.39, 0.29) is 0 Å². The van der Waals surface area contributed by atoms with Crippen LogP contribution >= 0.6 is 47.9 Å². The average molecular weight is 572 g/mol. The highest BCUT2D eigenvalue weighted by Crippen LogP contribution is 2.67. The molecule has 3 unspecified atom stereocenters. The fourth-order valence-electron chi connectivity index (χ4n) is 2.40. The number of hydrogen-bond acceptors (Lipinski definition) is 10. The zero-order valence-electron chi connectivity index (χ0n) is 14.6. The molecular weight excluding hydrogens is 561 g/mol. The van der Waals surface area contributed by atoms with Gasteiger partial charge < -0.3 is 34.4 Å². The largest absolute Gasteiger partial charge is 0.490 e. The van der Waals surface area contributed by atoms with Gasteiger partial charge in [-0.25, -0.2) is 18.1 Å². The lowest BCUT2D eigenvalue weighted by Gasteiger charge is -2.24. The van der Waals surface area contributed by atoms with Crippen LogP contribution in [-0.4, -0.2) is 52.8 Å². The van der Waals surface area contributed by atoms with Crippen molar-refractivity contribution in [2.75, 3.05) is 0 Å². The van der Waals surface area contributed by atoms with Crippen molar-refractivity contribution in [1.29, 1.82) is 0 Å². The standard InChI is InChI=1S/C9H11F4N2O12P3S2/c10-2-1-15(8(32)14-5(2)31)6-3(9(11,12)13)4(16)7(24-6)25-29(20,21)27-30(22,23)26-28(17,18)19/h1,3-4,6-7,16H,(H,20,21)(H,22,23)(H,14,31,32)(H2,17,18,19)/t3?,4-,6-,7-/m1/s1. The Balaban J connectivity index is 2.37.